The van der Waals surface area contributed by atoms with E-state index in [0.717, 1.165) is 23.5 Å². The number of nitriles is 1. The minimum atomic E-state index is 0.0271. The Morgan fingerprint density at radius 2 is 2.20 bits per heavy atom. The Bertz CT molecular complexity index is 374. The fourth-order valence-corrected chi connectivity index (χ4v) is 2.51. The number of aryl methyl sites for hydroxylation is 1. The van der Waals surface area contributed by atoms with Crippen molar-refractivity contribution in [3.8, 4) is 6.07 Å². The van der Waals surface area contributed by atoms with Crippen LogP contribution in [0, 0.1) is 18.3 Å². The first-order valence-electron chi connectivity index (χ1n) is 5.14. The molecule has 0 saturated carbocycles. The third-order valence-electron chi connectivity index (χ3n) is 2.30. The highest BCUT2D eigenvalue weighted by Crippen LogP contribution is 2.28. The highest BCUT2D eigenvalue weighted by Gasteiger charge is 2.20. The molecule has 1 aromatic heterocycles. The van der Waals surface area contributed by atoms with Gasteiger partial charge >= 0.3 is 0 Å². The van der Waals surface area contributed by atoms with Crippen molar-refractivity contribution in [3.63, 3.8) is 0 Å². The zero-order valence-electron chi connectivity index (χ0n) is 9.72. The molecule has 15 heavy (non-hydrogen) atoms. The summed E-state index contributed by atoms with van der Waals surface area (Å²) in [7, 11) is 0. The Balaban J connectivity index is 2.86. The quantitative estimate of drug-likeness (QED) is 0.852. The second-order valence-corrected chi connectivity index (χ2v) is 5.12. The summed E-state index contributed by atoms with van der Waals surface area (Å²) >= 11 is 1.37. The van der Waals surface area contributed by atoms with Crippen LogP contribution in [0.5, 0.6) is 0 Å². The number of anilines is 1. The number of nitrogens with zero attached hydrogens (tertiary/aromatic N) is 2. The van der Waals surface area contributed by atoms with Gasteiger partial charge in [0.05, 0.1) is 5.69 Å². The molecule has 82 valence electrons. The maximum atomic E-state index is 8.99. The van der Waals surface area contributed by atoms with Crippen LogP contribution in [0.25, 0.3) is 0 Å². The molecular formula is C11H17N3S. The fraction of sp³-hybridized carbons (Fsp3) is 0.636. The van der Waals surface area contributed by atoms with Gasteiger partial charge in [0, 0.05) is 5.54 Å². The summed E-state index contributed by atoms with van der Waals surface area (Å²) in [4.78, 5) is 0. The van der Waals surface area contributed by atoms with Gasteiger partial charge in [-0.2, -0.15) is 9.64 Å². The third-order valence-corrected chi connectivity index (χ3v) is 3.16. The number of rotatable bonds is 4. The van der Waals surface area contributed by atoms with Gasteiger partial charge in [-0.25, -0.2) is 0 Å². The van der Waals surface area contributed by atoms with Gasteiger partial charge in [-0.15, -0.1) is 0 Å². The lowest BCUT2D eigenvalue weighted by molar-refractivity contribution is 0.512. The lowest BCUT2D eigenvalue weighted by Crippen LogP contribution is -2.30. The Hall–Kier alpha value is -1.08. The van der Waals surface area contributed by atoms with Crippen LogP contribution in [-0.2, 0) is 0 Å². The Labute approximate surface area is 95.3 Å². The van der Waals surface area contributed by atoms with Gasteiger partial charge in [-0.05, 0) is 38.7 Å². The molecule has 4 heteroatoms. The highest BCUT2D eigenvalue weighted by molar-refractivity contribution is 7.10. The molecule has 0 amide bonds. The second kappa shape index (κ2) is 4.63. The van der Waals surface area contributed by atoms with Crippen molar-refractivity contribution in [2.45, 2.75) is 46.1 Å². The van der Waals surface area contributed by atoms with Crippen LogP contribution in [-0.4, -0.2) is 9.91 Å². The summed E-state index contributed by atoms with van der Waals surface area (Å²) in [5, 5.41) is 13.3. The molecular weight excluding hydrogens is 206 g/mol. The molecule has 0 aliphatic rings. The molecule has 0 aliphatic carbocycles. The van der Waals surface area contributed by atoms with Gasteiger partial charge in [0.2, 0.25) is 0 Å². The number of nitrogens with one attached hydrogen (secondary N) is 1. The van der Waals surface area contributed by atoms with Gasteiger partial charge in [0.15, 0.2) is 0 Å². The third kappa shape index (κ3) is 2.93. The zero-order valence-corrected chi connectivity index (χ0v) is 10.5. The summed E-state index contributed by atoms with van der Waals surface area (Å²) in [5.41, 5.74) is 1.53. The second-order valence-electron chi connectivity index (χ2n) is 4.34. The normalized spacial score (nSPS) is 11.1. The maximum Gasteiger partial charge on any atom is 0.128 e. The van der Waals surface area contributed by atoms with Crippen LogP contribution in [0.4, 0.5) is 5.00 Å². The molecule has 0 saturated heterocycles. The summed E-state index contributed by atoms with van der Waals surface area (Å²) in [6, 6.07) is 2.19. The minimum absolute atomic E-state index is 0.0271. The van der Waals surface area contributed by atoms with Gasteiger partial charge in [0.1, 0.15) is 16.6 Å². The molecule has 0 fully saturated rings. The Morgan fingerprint density at radius 3 is 2.73 bits per heavy atom. The zero-order chi connectivity index (χ0) is 11.5. The van der Waals surface area contributed by atoms with Crippen LogP contribution in [0.3, 0.4) is 0 Å². The van der Waals surface area contributed by atoms with Crippen molar-refractivity contribution in [1.82, 2.24) is 4.37 Å². The van der Waals surface area contributed by atoms with E-state index in [1.54, 1.807) is 0 Å². The van der Waals surface area contributed by atoms with Crippen LogP contribution in [0.1, 0.15) is 44.9 Å². The number of aromatic nitrogens is 1. The van der Waals surface area contributed by atoms with Gasteiger partial charge < -0.3 is 5.32 Å². The van der Waals surface area contributed by atoms with Crippen molar-refractivity contribution in [2.75, 3.05) is 5.32 Å². The van der Waals surface area contributed by atoms with Gasteiger partial charge in [-0.3, -0.25) is 0 Å². The molecule has 1 heterocycles. The summed E-state index contributed by atoms with van der Waals surface area (Å²) in [6.45, 7) is 8.32. The van der Waals surface area contributed by atoms with Crippen molar-refractivity contribution in [1.29, 1.82) is 5.26 Å². The van der Waals surface area contributed by atoms with E-state index in [4.69, 9.17) is 5.26 Å². The fourth-order valence-electron chi connectivity index (χ4n) is 1.58. The molecule has 0 radical (unpaired) electrons. The van der Waals surface area contributed by atoms with Crippen LogP contribution < -0.4 is 5.32 Å². The Kier molecular flexibility index (Phi) is 3.70. The topological polar surface area (TPSA) is 48.7 Å². The first-order chi connectivity index (χ1) is 7.00. The van der Waals surface area contributed by atoms with Crippen LogP contribution >= 0.6 is 11.5 Å². The van der Waals surface area contributed by atoms with Crippen LogP contribution in [0.2, 0.25) is 0 Å². The molecule has 0 aliphatic heterocycles. The molecule has 0 aromatic carbocycles. The van der Waals surface area contributed by atoms with E-state index in [0.29, 0.717) is 5.56 Å². The van der Waals surface area contributed by atoms with Crippen molar-refractivity contribution < 1.29 is 0 Å². The molecule has 1 rings (SSSR count). The summed E-state index contributed by atoms with van der Waals surface area (Å²) in [6.07, 6.45) is 2.20. The van der Waals surface area contributed by atoms with E-state index in [9.17, 15) is 0 Å². The van der Waals surface area contributed by atoms with Crippen molar-refractivity contribution in [2.24, 2.45) is 0 Å². The first-order valence-corrected chi connectivity index (χ1v) is 5.92. The monoisotopic (exact) mass is 223 g/mol. The number of hydrogen-bond donors (Lipinski definition) is 1. The summed E-state index contributed by atoms with van der Waals surface area (Å²) in [5.74, 6) is 0. The average Bonchev–Trinajstić information content (AvgIpc) is 2.45. The standard InChI is InChI=1S/C11H17N3S/c1-5-6-11(3,4)13-10-9(7-12)8(2)14-15-10/h13H,5-6H2,1-4H3. The molecule has 0 spiro atoms. The molecule has 1 aromatic rings. The SMILES string of the molecule is CCCC(C)(C)Nc1snc(C)c1C#N. The lowest BCUT2D eigenvalue weighted by atomic mass is 9.99. The number of hydrogen-bond acceptors (Lipinski definition) is 4. The largest absolute Gasteiger partial charge is 0.370 e. The van der Waals surface area contributed by atoms with E-state index < -0.39 is 0 Å². The first kappa shape index (κ1) is 12.0. The molecule has 3 nitrogen and oxygen atoms in total. The van der Waals surface area contributed by atoms with Gasteiger partial charge in [0.25, 0.3) is 0 Å². The molecule has 0 bridgehead atoms. The van der Waals surface area contributed by atoms with E-state index in [2.05, 4.69) is 36.5 Å². The lowest BCUT2D eigenvalue weighted by Gasteiger charge is -2.26. The molecule has 0 unspecified atom stereocenters. The maximum absolute atomic E-state index is 8.99. The predicted molar refractivity (Wildman–Crippen MR) is 64.2 cm³/mol. The van der Waals surface area contributed by atoms with Crippen molar-refractivity contribution in [3.05, 3.63) is 11.3 Å². The van der Waals surface area contributed by atoms with E-state index in [1.165, 1.54) is 11.5 Å². The smallest absolute Gasteiger partial charge is 0.128 e. The average molecular weight is 223 g/mol. The predicted octanol–water partition coefficient (Wildman–Crippen LogP) is 3.31. The summed E-state index contributed by atoms with van der Waals surface area (Å²) < 4.78 is 4.19. The minimum Gasteiger partial charge on any atom is -0.370 e. The van der Waals surface area contributed by atoms with Gasteiger partial charge in [-0.1, -0.05) is 13.3 Å². The molecule has 0 atom stereocenters. The van der Waals surface area contributed by atoms with Crippen molar-refractivity contribution >= 4 is 16.5 Å². The van der Waals surface area contributed by atoms with E-state index in [1.807, 2.05) is 6.92 Å². The molecule has 1 N–H and O–H groups in total. The Morgan fingerprint density at radius 1 is 1.53 bits per heavy atom. The van der Waals surface area contributed by atoms with Crippen LogP contribution in [0.15, 0.2) is 0 Å². The van der Waals surface area contributed by atoms with E-state index in [-0.39, 0.29) is 5.54 Å². The van der Waals surface area contributed by atoms with E-state index >= 15 is 0 Å². The highest BCUT2D eigenvalue weighted by atomic mass is 32.1.